The number of aromatic nitrogens is 2. The maximum atomic E-state index is 6.76. The minimum atomic E-state index is 0.938. The molecular weight excluding hydrogens is 452 g/mol. The minimum Gasteiger partial charge on any atom is -0.455 e. The van der Waals surface area contributed by atoms with Crippen LogP contribution in [0.5, 0.6) is 0 Å². The quantitative estimate of drug-likeness (QED) is 0.254. The average Bonchev–Trinajstić information content (AvgIpc) is 3.62. The zero-order valence-electron chi connectivity index (χ0n) is 19.8. The van der Waals surface area contributed by atoms with Gasteiger partial charge in [0.2, 0.25) is 0 Å². The highest BCUT2D eigenvalue weighted by molar-refractivity contribution is 6.26. The summed E-state index contributed by atoms with van der Waals surface area (Å²) in [5.41, 5.74) is 7.69. The summed E-state index contributed by atoms with van der Waals surface area (Å²) in [5, 5.41) is 9.44. The zero-order chi connectivity index (χ0) is 24.1. The fraction of sp³-hybridized carbons (Fsp3) is 0. The van der Waals surface area contributed by atoms with Gasteiger partial charge in [-0.3, -0.25) is 0 Å². The molecule has 172 valence electrons. The van der Waals surface area contributed by atoms with Gasteiger partial charge >= 0.3 is 0 Å². The van der Waals surface area contributed by atoms with Crippen LogP contribution in [0.4, 0.5) is 0 Å². The molecule has 0 saturated heterocycles. The molecule has 0 radical (unpaired) electrons. The number of H-pyrrole nitrogens is 1. The number of nitrogens with one attached hydrogen (secondary N) is 1. The standard InChI is InChI=1S/C34H20N2O/c1-2-12-23-22(11-1)31(36-29-15-7-4-9-20(29)21-10-5-8-16-30(21)36)19-26-24-17-18-28-32(34(24)37-33(23)26)25-13-3-6-14-27(25)35-28/h1-19,35H. The molecule has 9 rings (SSSR count). The summed E-state index contributed by atoms with van der Waals surface area (Å²) in [7, 11) is 0. The monoisotopic (exact) mass is 472 g/mol. The topological polar surface area (TPSA) is 33.9 Å². The van der Waals surface area contributed by atoms with E-state index < -0.39 is 0 Å². The lowest BCUT2D eigenvalue weighted by molar-refractivity contribution is 0.676. The average molecular weight is 473 g/mol. The number of fused-ring (bicyclic) bond motifs is 12. The van der Waals surface area contributed by atoms with Crippen LogP contribution in [0, 0.1) is 0 Å². The van der Waals surface area contributed by atoms with Crippen molar-refractivity contribution in [2.45, 2.75) is 0 Å². The largest absolute Gasteiger partial charge is 0.455 e. The van der Waals surface area contributed by atoms with Crippen LogP contribution in [-0.2, 0) is 0 Å². The number of benzene rings is 6. The van der Waals surface area contributed by atoms with Crippen molar-refractivity contribution >= 4 is 76.3 Å². The first kappa shape index (κ1) is 19.2. The van der Waals surface area contributed by atoms with Gasteiger partial charge in [0.15, 0.2) is 0 Å². The Balaban J connectivity index is 1.50. The molecule has 0 amide bonds. The lowest BCUT2D eigenvalue weighted by atomic mass is 10.0. The number of nitrogens with zero attached hydrogens (tertiary/aromatic N) is 1. The second kappa shape index (κ2) is 6.80. The number of para-hydroxylation sites is 3. The van der Waals surface area contributed by atoms with E-state index in [4.69, 9.17) is 4.42 Å². The van der Waals surface area contributed by atoms with Gasteiger partial charge in [0.1, 0.15) is 11.2 Å². The van der Waals surface area contributed by atoms with E-state index in [9.17, 15) is 0 Å². The maximum absolute atomic E-state index is 6.76. The van der Waals surface area contributed by atoms with Crippen molar-refractivity contribution in [3.63, 3.8) is 0 Å². The summed E-state index contributed by atoms with van der Waals surface area (Å²) in [4.78, 5) is 3.56. The van der Waals surface area contributed by atoms with Crippen LogP contribution < -0.4 is 0 Å². The first-order chi connectivity index (χ1) is 18.4. The summed E-state index contributed by atoms with van der Waals surface area (Å²) in [6, 6.07) is 41.1. The number of rotatable bonds is 1. The van der Waals surface area contributed by atoms with Crippen LogP contribution >= 0.6 is 0 Å². The molecule has 37 heavy (non-hydrogen) atoms. The van der Waals surface area contributed by atoms with Crippen molar-refractivity contribution < 1.29 is 4.42 Å². The van der Waals surface area contributed by atoms with Gasteiger partial charge in [-0.05, 0) is 36.4 Å². The normalized spacial score (nSPS) is 12.3. The summed E-state index contributed by atoms with van der Waals surface area (Å²) < 4.78 is 9.18. The van der Waals surface area contributed by atoms with Gasteiger partial charge in [-0.1, -0.05) is 78.9 Å². The number of aromatic amines is 1. The van der Waals surface area contributed by atoms with Gasteiger partial charge in [-0.15, -0.1) is 0 Å². The molecule has 0 saturated carbocycles. The van der Waals surface area contributed by atoms with E-state index in [0.717, 1.165) is 43.7 Å². The van der Waals surface area contributed by atoms with Gasteiger partial charge in [-0.25, -0.2) is 0 Å². The molecule has 9 aromatic rings. The third-order valence-electron chi connectivity index (χ3n) is 7.91. The summed E-state index contributed by atoms with van der Waals surface area (Å²) in [5.74, 6) is 0. The van der Waals surface area contributed by atoms with E-state index in [1.165, 1.54) is 38.3 Å². The smallest absolute Gasteiger partial charge is 0.145 e. The Morgan fingerprint density at radius 3 is 1.81 bits per heavy atom. The Morgan fingerprint density at radius 2 is 1.05 bits per heavy atom. The van der Waals surface area contributed by atoms with Crippen LogP contribution in [0.15, 0.2) is 120 Å². The third kappa shape index (κ3) is 2.41. The maximum Gasteiger partial charge on any atom is 0.145 e. The van der Waals surface area contributed by atoms with Crippen molar-refractivity contribution in [2.24, 2.45) is 0 Å². The Hall–Kier alpha value is -5.02. The fourth-order valence-corrected chi connectivity index (χ4v) is 6.34. The Labute approximate surface area is 211 Å². The van der Waals surface area contributed by atoms with Crippen LogP contribution in [0.25, 0.3) is 82.0 Å². The molecule has 0 fully saturated rings. The molecule has 1 N–H and O–H groups in total. The first-order valence-corrected chi connectivity index (χ1v) is 12.6. The Bertz CT molecular complexity index is 2310. The van der Waals surface area contributed by atoms with E-state index in [1.54, 1.807) is 0 Å². The highest BCUT2D eigenvalue weighted by Gasteiger charge is 2.20. The van der Waals surface area contributed by atoms with Gasteiger partial charge < -0.3 is 14.0 Å². The molecular formula is C34H20N2O. The van der Waals surface area contributed by atoms with Crippen molar-refractivity contribution in [1.29, 1.82) is 0 Å². The van der Waals surface area contributed by atoms with Crippen LogP contribution in [0.1, 0.15) is 0 Å². The molecule has 0 spiro atoms. The van der Waals surface area contributed by atoms with Crippen molar-refractivity contribution in [2.75, 3.05) is 0 Å². The Kier molecular flexibility index (Phi) is 3.53. The number of furan rings is 1. The molecule has 3 heteroatoms. The van der Waals surface area contributed by atoms with E-state index in [0.29, 0.717) is 0 Å². The molecule has 3 aromatic heterocycles. The molecule has 0 aliphatic carbocycles. The molecule has 0 aliphatic heterocycles. The molecule has 0 bridgehead atoms. The van der Waals surface area contributed by atoms with E-state index in [2.05, 4.69) is 125 Å². The highest BCUT2D eigenvalue weighted by Crippen LogP contribution is 2.43. The van der Waals surface area contributed by atoms with Crippen molar-refractivity contribution in [1.82, 2.24) is 9.55 Å². The second-order valence-electron chi connectivity index (χ2n) is 9.83. The lowest BCUT2D eigenvalue weighted by Gasteiger charge is -2.12. The van der Waals surface area contributed by atoms with Crippen molar-refractivity contribution in [3.05, 3.63) is 115 Å². The van der Waals surface area contributed by atoms with E-state index in [-0.39, 0.29) is 0 Å². The molecule has 0 atom stereocenters. The third-order valence-corrected chi connectivity index (χ3v) is 7.91. The minimum absolute atomic E-state index is 0.938. The SMILES string of the molecule is c1ccc2c(c1)[nH]c1ccc3c4cc(-n5c6ccccc6c6ccccc65)c5ccccc5c4oc3c12. The van der Waals surface area contributed by atoms with Crippen LogP contribution in [-0.4, -0.2) is 9.55 Å². The van der Waals surface area contributed by atoms with E-state index in [1.807, 2.05) is 0 Å². The fourth-order valence-electron chi connectivity index (χ4n) is 6.34. The predicted molar refractivity (Wildman–Crippen MR) is 155 cm³/mol. The molecule has 0 unspecified atom stereocenters. The molecule has 6 aromatic carbocycles. The van der Waals surface area contributed by atoms with Gasteiger partial charge in [0.25, 0.3) is 0 Å². The highest BCUT2D eigenvalue weighted by atomic mass is 16.3. The predicted octanol–water partition coefficient (Wildman–Crippen LogP) is 9.47. The number of hydrogen-bond donors (Lipinski definition) is 1. The summed E-state index contributed by atoms with van der Waals surface area (Å²) in [6.07, 6.45) is 0. The van der Waals surface area contributed by atoms with Crippen molar-refractivity contribution in [3.8, 4) is 5.69 Å². The van der Waals surface area contributed by atoms with Crippen LogP contribution in [0.3, 0.4) is 0 Å². The first-order valence-electron chi connectivity index (χ1n) is 12.6. The molecule has 3 heterocycles. The lowest BCUT2D eigenvalue weighted by Crippen LogP contribution is -1.95. The van der Waals surface area contributed by atoms with Crippen LogP contribution in [0.2, 0.25) is 0 Å². The van der Waals surface area contributed by atoms with Gasteiger partial charge in [-0.2, -0.15) is 0 Å². The summed E-state index contributed by atoms with van der Waals surface area (Å²) in [6.45, 7) is 0. The van der Waals surface area contributed by atoms with Gasteiger partial charge in [0, 0.05) is 43.2 Å². The Morgan fingerprint density at radius 1 is 0.459 bits per heavy atom. The second-order valence-corrected chi connectivity index (χ2v) is 9.83. The number of hydrogen-bond acceptors (Lipinski definition) is 1. The molecule has 0 aliphatic rings. The van der Waals surface area contributed by atoms with E-state index >= 15 is 0 Å². The zero-order valence-corrected chi connectivity index (χ0v) is 19.8. The van der Waals surface area contributed by atoms with Gasteiger partial charge in [0.05, 0.1) is 27.6 Å². The molecule has 3 nitrogen and oxygen atoms in total. The summed E-state index contributed by atoms with van der Waals surface area (Å²) >= 11 is 0.